The third-order valence-electron chi connectivity index (χ3n) is 3.10. The summed E-state index contributed by atoms with van der Waals surface area (Å²) >= 11 is 0. The van der Waals surface area contributed by atoms with Crippen LogP contribution in [0.4, 0.5) is 18.9 Å². The van der Waals surface area contributed by atoms with E-state index in [4.69, 9.17) is 5.73 Å². The molecule has 8 heteroatoms. The van der Waals surface area contributed by atoms with Crippen LogP contribution in [0.5, 0.6) is 0 Å². The Bertz CT molecular complexity index is 558. The molecule has 1 aromatic carbocycles. The van der Waals surface area contributed by atoms with Crippen molar-refractivity contribution in [3.8, 4) is 0 Å². The number of halogens is 3. The molecule has 0 aliphatic carbocycles. The maximum absolute atomic E-state index is 12.4. The average molecular weight is 304 g/mol. The number of nitrogen functional groups attached to an aromatic ring is 1. The zero-order valence-electron chi connectivity index (χ0n) is 11.7. The van der Waals surface area contributed by atoms with Crippen LogP contribution in [-0.2, 0) is 9.53 Å². The minimum atomic E-state index is -4.95. The molecule has 0 radical (unpaired) electrons. The van der Waals surface area contributed by atoms with E-state index in [0.29, 0.717) is 10.5 Å². The van der Waals surface area contributed by atoms with Gasteiger partial charge < -0.3 is 15.4 Å². The van der Waals surface area contributed by atoms with Crippen LogP contribution < -0.4 is 5.73 Å². The molecule has 1 aromatic rings. The number of anilines is 1. The topological polar surface area (TPSA) is 72.6 Å². The number of carbonyl (C=O) groups is 2. The van der Waals surface area contributed by atoms with Crippen molar-refractivity contribution >= 4 is 17.6 Å². The lowest BCUT2D eigenvalue weighted by molar-refractivity contribution is -0.186. The molecule has 1 atom stereocenters. The maximum atomic E-state index is 12.4. The van der Waals surface area contributed by atoms with Gasteiger partial charge in [-0.25, -0.2) is 4.79 Å². The lowest BCUT2D eigenvalue weighted by Crippen LogP contribution is -2.40. The summed E-state index contributed by atoms with van der Waals surface area (Å²) in [4.78, 5) is 23.1. The van der Waals surface area contributed by atoms with E-state index in [9.17, 15) is 22.8 Å². The third kappa shape index (κ3) is 3.65. The monoisotopic (exact) mass is 304 g/mol. The first-order valence-corrected chi connectivity index (χ1v) is 5.91. The highest BCUT2D eigenvalue weighted by Crippen LogP contribution is 2.29. The second-order valence-corrected chi connectivity index (χ2v) is 4.43. The fourth-order valence-electron chi connectivity index (χ4n) is 1.78. The van der Waals surface area contributed by atoms with E-state index in [0.717, 1.165) is 7.05 Å². The molecule has 0 aliphatic heterocycles. The van der Waals surface area contributed by atoms with Gasteiger partial charge in [0, 0.05) is 12.7 Å². The number of nitrogens with zero attached hydrogens (tertiary/aromatic N) is 1. The van der Waals surface area contributed by atoms with Gasteiger partial charge in [0.1, 0.15) is 0 Å². The summed E-state index contributed by atoms with van der Waals surface area (Å²) in [6.07, 6.45) is -4.95. The van der Waals surface area contributed by atoms with Crippen molar-refractivity contribution in [3.05, 3.63) is 29.3 Å². The van der Waals surface area contributed by atoms with Crippen molar-refractivity contribution in [2.24, 2.45) is 0 Å². The minimum absolute atomic E-state index is 0.104. The van der Waals surface area contributed by atoms with E-state index >= 15 is 0 Å². The van der Waals surface area contributed by atoms with Gasteiger partial charge in [0.2, 0.25) is 0 Å². The minimum Gasteiger partial charge on any atom is -0.465 e. The van der Waals surface area contributed by atoms with Gasteiger partial charge >= 0.3 is 18.1 Å². The van der Waals surface area contributed by atoms with Gasteiger partial charge in [-0.2, -0.15) is 13.2 Å². The highest BCUT2D eigenvalue weighted by atomic mass is 19.4. The molecule has 1 amide bonds. The zero-order chi connectivity index (χ0) is 16.4. The van der Waals surface area contributed by atoms with Crippen LogP contribution >= 0.6 is 0 Å². The molecule has 1 rings (SSSR count). The van der Waals surface area contributed by atoms with Crippen molar-refractivity contribution in [1.29, 1.82) is 0 Å². The Hall–Kier alpha value is -2.25. The molecule has 1 unspecified atom stereocenters. The van der Waals surface area contributed by atoms with Crippen LogP contribution in [0.2, 0.25) is 0 Å². The second kappa shape index (κ2) is 6.02. The Morgan fingerprint density at radius 1 is 1.33 bits per heavy atom. The predicted molar refractivity (Wildman–Crippen MR) is 69.4 cm³/mol. The molecular formula is C13H15F3N2O3. The van der Waals surface area contributed by atoms with E-state index in [1.807, 2.05) is 0 Å². The van der Waals surface area contributed by atoms with Crippen LogP contribution in [0.15, 0.2) is 18.2 Å². The standard InChI is InChI=1S/C13H15F3N2O3/c1-7(18(2)12(20)13(14,15)16)9-5-4-8(6-10(9)17)11(19)21-3/h4-7H,17H2,1-3H3. The highest BCUT2D eigenvalue weighted by molar-refractivity contribution is 5.90. The summed E-state index contributed by atoms with van der Waals surface area (Å²) in [6.45, 7) is 1.41. The Balaban J connectivity index is 3.06. The molecule has 0 bridgehead atoms. The maximum Gasteiger partial charge on any atom is 0.471 e. The van der Waals surface area contributed by atoms with Crippen molar-refractivity contribution in [2.45, 2.75) is 19.1 Å². The SMILES string of the molecule is COC(=O)c1ccc(C(C)N(C)C(=O)C(F)(F)F)c(N)c1. The van der Waals surface area contributed by atoms with Gasteiger partial charge in [0.25, 0.3) is 0 Å². The molecule has 0 saturated carbocycles. The summed E-state index contributed by atoms with van der Waals surface area (Å²) in [6, 6.07) is 3.17. The van der Waals surface area contributed by atoms with E-state index in [1.54, 1.807) is 0 Å². The Morgan fingerprint density at radius 2 is 1.90 bits per heavy atom. The molecule has 0 aliphatic rings. The molecule has 116 valence electrons. The van der Waals surface area contributed by atoms with Gasteiger partial charge in [0.05, 0.1) is 18.7 Å². The number of ether oxygens (including phenoxy) is 1. The van der Waals surface area contributed by atoms with Crippen molar-refractivity contribution in [1.82, 2.24) is 4.90 Å². The number of hydrogen-bond acceptors (Lipinski definition) is 4. The summed E-state index contributed by atoms with van der Waals surface area (Å²) in [5.41, 5.74) is 6.32. The molecule has 0 fully saturated rings. The van der Waals surface area contributed by atoms with Gasteiger partial charge in [-0.15, -0.1) is 0 Å². The van der Waals surface area contributed by atoms with Crippen LogP contribution in [0.1, 0.15) is 28.9 Å². The Labute approximate surface area is 119 Å². The Kier molecular flexibility index (Phi) is 4.82. The molecule has 2 N–H and O–H groups in total. The first-order chi connectivity index (χ1) is 9.59. The first kappa shape index (κ1) is 16.8. The van der Waals surface area contributed by atoms with Gasteiger partial charge in [0.15, 0.2) is 0 Å². The number of benzene rings is 1. The molecule has 0 heterocycles. The van der Waals surface area contributed by atoms with E-state index < -0.39 is 24.1 Å². The zero-order valence-corrected chi connectivity index (χ0v) is 11.7. The number of alkyl halides is 3. The number of carbonyl (C=O) groups excluding carboxylic acids is 2. The molecule has 0 saturated heterocycles. The van der Waals surface area contributed by atoms with Gasteiger partial charge in [-0.3, -0.25) is 4.79 Å². The molecular weight excluding hydrogens is 289 g/mol. The Morgan fingerprint density at radius 3 is 2.33 bits per heavy atom. The second-order valence-electron chi connectivity index (χ2n) is 4.43. The van der Waals surface area contributed by atoms with Crippen LogP contribution in [0.3, 0.4) is 0 Å². The van der Waals surface area contributed by atoms with Crippen molar-refractivity contribution in [2.75, 3.05) is 19.9 Å². The van der Waals surface area contributed by atoms with Crippen LogP contribution in [0.25, 0.3) is 0 Å². The summed E-state index contributed by atoms with van der Waals surface area (Å²) in [5, 5.41) is 0. The summed E-state index contributed by atoms with van der Waals surface area (Å²) in [5.74, 6) is -2.58. The lowest BCUT2D eigenvalue weighted by Gasteiger charge is -2.27. The lowest BCUT2D eigenvalue weighted by atomic mass is 10.0. The molecule has 21 heavy (non-hydrogen) atoms. The van der Waals surface area contributed by atoms with E-state index in [1.165, 1.54) is 32.2 Å². The third-order valence-corrected chi connectivity index (χ3v) is 3.10. The van der Waals surface area contributed by atoms with Crippen LogP contribution in [-0.4, -0.2) is 37.1 Å². The number of methoxy groups -OCH3 is 1. The average Bonchev–Trinajstić information content (AvgIpc) is 2.42. The number of nitrogens with two attached hydrogens (primary N) is 1. The quantitative estimate of drug-likeness (QED) is 0.686. The summed E-state index contributed by atoms with van der Waals surface area (Å²) in [7, 11) is 2.24. The molecule has 0 spiro atoms. The smallest absolute Gasteiger partial charge is 0.465 e. The van der Waals surface area contributed by atoms with Crippen LogP contribution in [0, 0.1) is 0 Å². The molecule has 5 nitrogen and oxygen atoms in total. The van der Waals surface area contributed by atoms with Gasteiger partial charge in [-0.1, -0.05) is 6.07 Å². The predicted octanol–water partition coefficient (Wildman–Crippen LogP) is 2.14. The number of hydrogen-bond donors (Lipinski definition) is 1. The molecule has 0 aromatic heterocycles. The fourth-order valence-corrected chi connectivity index (χ4v) is 1.78. The highest BCUT2D eigenvalue weighted by Gasteiger charge is 2.42. The largest absolute Gasteiger partial charge is 0.471 e. The number of amides is 1. The first-order valence-electron chi connectivity index (χ1n) is 5.91. The fraction of sp³-hybridized carbons (Fsp3) is 0.385. The summed E-state index contributed by atoms with van der Waals surface area (Å²) < 4.78 is 41.7. The van der Waals surface area contributed by atoms with E-state index in [2.05, 4.69) is 4.74 Å². The van der Waals surface area contributed by atoms with Gasteiger partial charge in [-0.05, 0) is 24.6 Å². The van der Waals surface area contributed by atoms with E-state index in [-0.39, 0.29) is 11.3 Å². The van der Waals surface area contributed by atoms with Crippen molar-refractivity contribution in [3.63, 3.8) is 0 Å². The van der Waals surface area contributed by atoms with Crippen molar-refractivity contribution < 1.29 is 27.5 Å². The number of esters is 1. The normalized spacial score (nSPS) is 12.7. The number of rotatable bonds is 3.